The summed E-state index contributed by atoms with van der Waals surface area (Å²) in [4.78, 5) is 54.4. The lowest BCUT2D eigenvalue weighted by Crippen LogP contribution is -2.50. The van der Waals surface area contributed by atoms with Crippen molar-refractivity contribution in [2.45, 2.75) is 37.6 Å². The van der Waals surface area contributed by atoms with E-state index in [2.05, 4.69) is 10.6 Å². The number of hydrogen-bond donors (Lipinski definition) is 2. The average molecular weight is 539 g/mol. The normalized spacial score (nSPS) is 23.9. The number of carbonyl (C=O) groups is 4. The molecule has 6 rings (SSSR count). The summed E-state index contributed by atoms with van der Waals surface area (Å²) in [5.74, 6) is -0.864. The smallest absolute Gasteiger partial charge is 0.418 e. The van der Waals surface area contributed by atoms with E-state index in [-0.39, 0.29) is 38.3 Å². The van der Waals surface area contributed by atoms with E-state index in [9.17, 15) is 23.6 Å². The fraction of sp³-hybridized carbons (Fsp3) is 0.407. The number of urea groups is 1. The first-order chi connectivity index (χ1) is 18.8. The topological polar surface area (TPSA) is 127 Å². The van der Waals surface area contributed by atoms with Gasteiger partial charge in [0.15, 0.2) is 0 Å². The summed E-state index contributed by atoms with van der Waals surface area (Å²) in [6, 6.07) is 8.37. The highest BCUT2D eigenvalue weighted by Gasteiger charge is 2.58. The lowest BCUT2D eigenvalue weighted by Gasteiger charge is -2.32. The van der Waals surface area contributed by atoms with Gasteiger partial charge in [-0.3, -0.25) is 9.59 Å². The number of nitrogens with one attached hydrogen (secondary N) is 2. The number of halogens is 1. The second-order valence-corrected chi connectivity index (χ2v) is 10.1. The van der Waals surface area contributed by atoms with Crippen LogP contribution in [0.25, 0.3) is 0 Å². The first kappa shape index (κ1) is 25.1. The molecule has 204 valence electrons. The van der Waals surface area contributed by atoms with Crippen molar-refractivity contribution >= 4 is 29.6 Å². The molecule has 1 spiro atoms. The predicted octanol–water partition coefficient (Wildman–Crippen LogP) is 2.48. The molecule has 12 heteroatoms. The third kappa shape index (κ3) is 4.44. The van der Waals surface area contributed by atoms with Crippen LogP contribution in [0.1, 0.15) is 29.5 Å². The van der Waals surface area contributed by atoms with Crippen molar-refractivity contribution in [1.82, 2.24) is 15.1 Å². The van der Waals surface area contributed by atoms with Crippen LogP contribution in [0.5, 0.6) is 5.75 Å². The molecular weight excluding hydrogens is 511 g/mol. The number of benzene rings is 2. The molecule has 3 aliphatic heterocycles. The van der Waals surface area contributed by atoms with E-state index in [1.807, 2.05) is 0 Å². The molecule has 2 atom stereocenters. The number of rotatable bonds is 4. The minimum Gasteiger partial charge on any atom is -0.491 e. The van der Waals surface area contributed by atoms with E-state index in [1.165, 1.54) is 19.2 Å². The molecule has 1 aliphatic carbocycles. The SMILES string of the molecule is CNC(=O)Nc1ccc2c(c1)COCC21OC(=O)N(CC(=O)N2Cc3cc(F)ccc3OC[C@H]2C2CC2)C1=O. The predicted molar refractivity (Wildman–Crippen MR) is 133 cm³/mol. The van der Waals surface area contributed by atoms with Gasteiger partial charge in [0, 0.05) is 30.4 Å². The van der Waals surface area contributed by atoms with E-state index >= 15 is 0 Å². The first-order valence-electron chi connectivity index (χ1n) is 12.7. The number of fused-ring (bicyclic) bond motifs is 3. The third-order valence-corrected chi connectivity index (χ3v) is 7.61. The molecule has 0 radical (unpaired) electrons. The summed E-state index contributed by atoms with van der Waals surface area (Å²) < 4.78 is 31.1. The Hall–Kier alpha value is -4.19. The van der Waals surface area contributed by atoms with E-state index in [0.29, 0.717) is 28.1 Å². The van der Waals surface area contributed by atoms with Gasteiger partial charge in [0.25, 0.3) is 5.91 Å². The van der Waals surface area contributed by atoms with Crippen LogP contribution in [0.3, 0.4) is 0 Å². The van der Waals surface area contributed by atoms with Crippen molar-refractivity contribution in [2.75, 3.05) is 32.1 Å². The van der Waals surface area contributed by atoms with Crippen molar-refractivity contribution in [2.24, 2.45) is 5.92 Å². The highest BCUT2D eigenvalue weighted by molar-refractivity contribution is 6.06. The van der Waals surface area contributed by atoms with Crippen LogP contribution in [0, 0.1) is 11.7 Å². The van der Waals surface area contributed by atoms with Crippen LogP contribution in [0.15, 0.2) is 36.4 Å². The van der Waals surface area contributed by atoms with E-state index in [0.717, 1.165) is 17.7 Å². The zero-order chi connectivity index (χ0) is 27.3. The Morgan fingerprint density at radius 3 is 2.72 bits per heavy atom. The van der Waals surface area contributed by atoms with Gasteiger partial charge in [0.2, 0.25) is 11.5 Å². The zero-order valence-corrected chi connectivity index (χ0v) is 21.2. The largest absolute Gasteiger partial charge is 0.491 e. The molecule has 3 heterocycles. The first-order valence-corrected chi connectivity index (χ1v) is 12.7. The van der Waals surface area contributed by atoms with Crippen LogP contribution >= 0.6 is 0 Å². The molecule has 5 amide bonds. The van der Waals surface area contributed by atoms with E-state index < -0.39 is 41.9 Å². The number of imide groups is 1. The van der Waals surface area contributed by atoms with Crippen molar-refractivity contribution in [3.8, 4) is 5.75 Å². The van der Waals surface area contributed by atoms with E-state index in [1.54, 1.807) is 29.2 Å². The molecule has 4 aliphatic rings. The van der Waals surface area contributed by atoms with Gasteiger partial charge in [-0.15, -0.1) is 0 Å². The summed E-state index contributed by atoms with van der Waals surface area (Å²) in [7, 11) is 1.49. The monoisotopic (exact) mass is 538 g/mol. The third-order valence-electron chi connectivity index (χ3n) is 7.61. The second kappa shape index (κ2) is 9.53. The Morgan fingerprint density at radius 2 is 1.95 bits per heavy atom. The number of ether oxygens (including phenoxy) is 3. The van der Waals surface area contributed by atoms with Gasteiger partial charge in [-0.05, 0) is 54.7 Å². The van der Waals surface area contributed by atoms with Crippen LogP contribution in [-0.4, -0.2) is 66.6 Å². The van der Waals surface area contributed by atoms with Crippen molar-refractivity contribution in [3.05, 3.63) is 58.9 Å². The Labute approximate surface area is 223 Å². The van der Waals surface area contributed by atoms with Gasteiger partial charge in [-0.25, -0.2) is 18.9 Å². The highest BCUT2D eigenvalue weighted by atomic mass is 19.1. The molecule has 2 N–H and O–H groups in total. The van der Waals surface area contributed by atoms with Gasteiger partial charge < -0.3 is 29.7 Å². The number of carbonyl (C=O) groups excluding carboxylic acids is 4. The van der Waals surface area contributed by atoms with Crippen LogP contribution in [0.4, 0.5) is 19.7 Å². The van der Waals surface area contributed by atoms with Gasteiger partial charge in [0.1, 0.15) is 31.3 Å². The lowest BCUT2D eigenvalue weighted by atomic mass is 9.87. The lowest BCUT2D eigenvalue weighted by molar-refractivity contribution is -0.148. The molecule has 0 bridgehead atoms. The Morgan fingerprint density at radius 1 is 1.13 bits per heavy atom. The summed E-state index contributed by atoms with van der Waals surface area (Å²) in [6.07, 6.45) is 0.917. The fourth-order valence-corrected chi connectivity index (χ4v) is 5.46. The maximum atomic E-state index is 14.0. The molecule has 1 saturated heterocycles. The Kier molecular flexibility index (Phi) is 6.13. The molecule has 1 unspecified atom stereocenters. The Balaban J connectivity index is 1.25. The average Bonchev–Trinajstić information content (AvgIpc) is 3.74. The summed E-state index contributed by atoms with van der Waals surface area (Å²) in [5.41, 5.74) is 0.275. The summed E-state index contributed by atoms with van der Waals surface area (Å²) >= 11 is 0. The second-order valence-electron chi connectivity index (χ2n) is 10.1. The van der Waals surface area contributed by atoms with Gasteiger partial charge in [0.05, 0.1) is 12.6 Å². The van der Waals surface area contributed by atoms with Gasteiger partial charge in [-0.1, -0.05) is 6.07 Å². The van der Waals surface area contributed by atoms with Gasteiger partial charge in [-0.2, -0.15) is 0 Å². The number of amides is 5. The molecule has 0 aromatic heterocycles. The zero-order valence-electron chi connectivity index (χ0n) is 21.2. The van der Waals surface area contributed by atoms with Crippen molar-refractivity contribution in [3.63, 3.8) is 0 Å². The minimum atomic E-state index is -1.73. The highest BCUT2D eigenvalue weighted by Crippen LogP contribution is 2.42. The number of nitrogens with zero attached hydrogens (tertiary/aromatic N) is 2. The minimum absolute atomic E-state index is 0.0996. The molecule has 11 nitrogen and oxygen atoms in total. The molecule has 2 fully saturated rings. The molecular formula is C27H27FN4O7. The molecule has 2 aromatic rings. The van der Waals surface area contributed by atoms with Gasteiger partial charge >= 0.3 is 12.1 Å². The van der Waals surface area contributed by atoms with Crippen molar-refractivity contribution in [1.29, 1.82) is 0 Å². The molecule has 1 saturated carbocycles. The van der Waals surface area contributed by atoms with Crippen LogP contribution in [-0.2, 0) is 37.8 Å². The van der Waals surface area contributed by atoms with Crippen LogP contribution in [0.2, 0.25) is 0 Å². The fourth-order valence-electron chi connectivity index (χ4n) is 5.46. The maximum absolute atomic E-state index is 14.0. The Bertz CT molecular complexity index is 1380. The number of anilines is 1. The van der Waals surface area contributed by atoms with Crippen LogP contribution < -0.4 is 15.4 Å². The number of hydrogen-bond acceptors (Lipinski definition) is 7. The van der Waals surface area contributed by atoms with E-state index in [4.69, 9.17) is 14.2 Å². The molecule has 39 heavy (non-hydrogen) atoms. The summed E-state index contributed by atoms with van der Waals surface area (Å²) in [5, 5.41) is 5.11. The summed E-state index contributed by atoms with van der Waals surface area (Å²) in [6.45, 7) is -0.240. The standard InChI is InChI=1S/C27H27FN4O7/c1-29-25(35)30-19-5-6-20-17(9-19)12-37-14-27(20)24(34)32(26(36)39-27)11-23(33)31-10-16-8-18(28)4-7-22(16)38-13-21(31)15-2-3-15/h4-9,15,21H,2-3,10-14H2,1H3,(H2,29,30,35)/t21-,27?/m0/s1. The quantitative estimate of drug-likeness (QED) is 0.613. The molecule has 2 aromatic carbocycles. The van der Waals surface area contributed by atoms with Crippen molar-refractivity contribution < 1.29 is 37.8 Å². The maximum Gasteiger partial charge on any atom is 0.418 e.